The van der Waals surface area contributed by atoms with Crippen LogP contribution in [0.4, 0.5) is 8.78 Å². The van der Waals surface area contributed by atoms with Gasteiger partial charge in [-0.15, -0.1) is 0 Å². The van der Waals surface area contributed by atoms with Gasteiger partial charge in [-0.3, -0.25) is 0 Å². The van der Waals surface area contributed by atoms with E-state index in [4.69, 9.17) is 5.11 Å². The van der Waals surface area contributed by atoms with Crippen molar-refractivity contribution in [2.75, 3.05) is 0 Å². The minimum absolute atomic E-state index is 0.0767. The highest BCUT2D eigenvalue weighted by molar-refractivity contribution is 14.1. The van der Waals surface area contributed by atoms with Gasteiger partial charge in [0.25, 0.3) is 6.43 Å². The Hall–Kier alpha value is -0.310. The molecule has 0 fully saturated rings. The number of carboxylic acids is 1. The molecule has 0 aliphatic rings. The van der Waals surface area contributed by atoms with Crippen molar-refractivity contribution in [1.29, 1.82) is 0 Å². The van der Waals surface area contributed by atoms with Crippen LogP contribution in [0.1, 0.15) is 22.5 Å². The van der Waals surface area contributed by atoms with Gasteiger partial charge in [0.2, 0.25) is 0 Å². The first kappa shape index (κ1) is 11.8. The molecule has 0 aliphatic carbocycles. The third kappa shape index (κ3) is 2.38. The van der Waals surface area contributed by atoms with E-state index in [1.807, 2.05) is 0 Å². The molecule has 76 valence electrons. The number of carbonyl (C=O) groups is 1. The highest BCUT2D eigenvalue weighted by Crippen LogP contribution is 2.26. The van der Waals surface area contributed by atoms with Gasteiger partial charge in [0.15, 0.2) is 0 Å². The van der Waals surface area contributed by atoms with E-state index in [2.05, 4.69) is 20.9 Å². The summed E-state index contributed by atoms with van der Waals surface area (Å²) in [6, 6.07) is 1.05. The van der Waals surface area contributed by atoms with Crippen LogP contribution in [0, 0.1) is 3.57 Å². The summed E-state index contributed by atoms with van der Waals surface area (Å²) in [4.78, 5) is 14.1. The van der Waals surface area contributed by atoms with Crippen molar-refractivity contribution in [3.63, 3.8) is 0 Å². The molecule has 0 spiro atoms. The van der Waals surface area contributed by atoms with E-state index in [0.29, 0.717) is 0 Å². The van der Waals surface area contributed by atoms with E-state index in [9.17, 15) is 13.6 Å². The molecule has 0 atom stereocenters. The summed E-state index contributed by atoms with van der Waals surface area (Å²) in [6.45, 7) is 0. The van der Waals surface area contributed by atoms with Crippen molar-refractivity contribution in [2.45, 2.75) is 6.43 Å². The Morgan fingerprint density at radius 2 is 2.21 bits per heavy atom. The van der Waals surface area contributed by atoms with Crippen molar-refractivity contribution in [1.82, 2.24) is 4.98 Å². The first-order chi connectivity index (χ1) is 6.43. The minimum Gasteiger partial charge on any atom is -0.478 e. The van der Waals surface area contributed by atoms with Gasteiger partial charge in [-0.05, 0) is 44.6 Å². The molecule has 0 unspecified atom stereocenters. The number of hydrogen-bond donors (Lipinski definition) is 1. The summed E-state index contributed by atoms with van der Waals surface area (Å²) >= 11 is 4.51. The molecule has 7 heteroatoms. The number of halogens is 4. The van der Waals surface area contributed by atoms with Crippen LogP contribution >= 0.6 is 38.5 Å². The molecule has 0 saturated heterocycles. The molecule has 1 aromatic rings. The normalized spacial score (nSPS) is 10.6. The largest absolute Gasteiger partial charge is 0.478 e. The molecule has 0 amide bonds. The topological polar surface area (TPSA) is 50.2 Å². The van der Waals surface area contributed by atoms with Gasteiger partial charge < -0.3 is 5.11 Å². The fourth-order valence-corrected chi connectivity index (χ4v) is 2.57. The summed E-state index contributed by atoms with van der Waals surface area (Å²) in [6.07, 6.45) is -2.71. The number of aromatic nitrogens is 1. The monoisotopic (exact) mass is 377 g/mol. The molecule has 1 aromatic heterocycles. The summed E-state index contributed by atoms with van der Waals surface area (Å²) in [5.41, 5.74) is -0.540. The Balaban J connectivity index is 3.32. The molecule has 0 radical (unpaired) electrons. The van der Waals surface area contributed by atoms with E-state index in [1.165, 1.54) is 0 Å². The van der Waals surface area contributed by atoms with Crippen LogP contribution in [0.15, 0.2) is 10.7 Å². The van der Waals surface area contributed by atoms with Gasteiger partial charge in [-0.2, -0.15) is 0 Å². The molecule has 14 heavy (non-hydrogen) atoms. The Kier molecular flexibility index (Phi) is 3.76. The Morgan fingerprint density at radius 1 is 1.64 bits per heavy atom. The van der Waals surface area contributed by atoms with Gasteiger partial charge in [-0.1, -0.05) is 0 Å². The van der Waals surface area contributed by atoms with Crippen molar-refractivity contribution >= 4 is 44.5 Å². The molecule has 1 N–H and O–H groups in total. The molecular formula is C7H3BrF2INO2. The lowest BCUT2D eigenvalue weighted by Gasteiger charge is -2.05. The van der Waals surface area contributed by atoms with Crippen molar-refractivity contribution in [2.24, 2.45) is 0 Å². The fourth-order valence-electron chi connectivity index (χ4n) is 0.804. The van der Waals surface area contributed by atoms with Crippen LogP contribution in [0.3, 0.4) is 0 Å². The lowest BCUT2D eigenvalue weighted by atomic mass is 10.2. The average Bonchev–Trinajstić information content (AvgIpc) is 2.01. The van der Waals surface area contributed by atoms with Crippen LogP contribution in [0.25, 0.3) is 0 Å². The third-order valence-electron chi connectivity index (χ3n) is 1.38. The zero-order chi connectivity index (χ0) is 10.9. The predicted octanol–water partition coefficient (Wildman–Crippen LogP) is 3.08. The maximum atomic E-state index is 12.2. The molecule has 3 nitrogen and oxygen atoms in total. The van der Waals surface area contributed by atoms with Gasteiger partial charge in [0.05, 0.1) is 0 Å². The summed E-state index contributed by atoms with van der Waals surface area (Å²) in [7, 11) is 0. The summed E-state index contributed by atoms with van der Waals surface area (Å²) in [5, 5.41) is 8.71. The first-order valence-corrected chi connectivity index (χ1v) is 5.18. The quantitative estimate of drug-likeness (QED) is 0.636. The maximum absolute atomic E-state index is 12.2. The standard InChI is InChI=1S/C7H3BrF2INO2/c8-5-4(7(13)14)2(11)1-3(12-5)6(9)10/h1,6H,(H,13,14). The van der Waals surface area contributed by atoms with Gasteiger partial charge >= 0.3 is 5.97 Å². The summed E-state index contributed by atoms with van der Waals surface area (Å²) in [5.74, 6) is -1.20. The van der Waals surface area contributed by atoms with E-state index < -0.39 is 18.1 Å². The Morgan fingerprint density at radius 3 is 2.57 bits per heavy atom. The van der Waals surface area contributed by atoms with E-state index in [0.717, 1.165) is 6.07 Å². The second-order valence-corrected chi connectivity index (χ2v) is 4.21. The SMILES string of the molecule is O=C(O)c1c(I)cc(C(F)F)nc1Br. The zero-order valence-corrected chi connectivity index (χ0v) is 10.2. The average molecular weight is 378 g/mol. The van der Waals surface area contributed by atoms with Gasteiger partial charge in [0.1, 0.15) is 15.9 Å². The first-order valence-electron chi connectivity index (χ1n) is 3.31. The highest BCUT2D eigenvalue weighted by Gasteiger charge is 2.18. The number of nitrogens with zero attached hydrogens (tertiary/aromatic N) is 1. The number of rotatable bonds is 2. The molecular weight excluding hydrogens is 375 g/mol. The Bertz CT molecular complexity index is 363. The number of aromatic carboxylic acids is 1. The minimum atomic E-state index is -2.71. The van der Waals surface area contributed by atoms with Crippen molar-refractivity contribution in [3.05, 3.63) is 25.5 Å². The van der Waals surface area contributed by atoms with Gasteiger partial charge in [-0.25, -0.2) is 18.6 Å². The zero-order valence-electron chi connectivity index (χ0n) is 6.47. The predicted molar refractivity (Wildman–Crippen MR) is 56.6 cm³/mol. The molecule has 0 aromatic carbocycles. The summed E-state index contributed by atoms with van der Waals surface area (Å²) < 4.78 is 24.6. The Labute approximate surface area is 99.8 Å². The van der Waals surface area contributed by atoms with Crippen LogP contribution in [0.5, 0.6) is 0 Å². The second kappa shape index (κ2) is 4.47. The second-order valence-electron chi connectivity index (χ2n) is 2.30. The van der Waals surface area contributed by atoms with E-state index in [1.54, 1.807) is 22.6 Å². The lowest BCUT2D eigenvalue weighted by molar-refractivity contribution is 0.0693. The van der Waals surface area contributed by atoms with Crippen LogP contribution in [-0.4, -0.2) is 16.1 Å². The lowest BCUT2D eigenvalue weighted by Crippen LogP contribution is -2.05. The molecule has 1 heterocycles. The molecule has 0 saturated carbocycles. The third-order valence-corrected chi connectivity index (χ3v) is 2.81. The smallest absolute Gasteiger partial charge is 0.339 e. The van der Waals surface area contributed by atoms with Crippen LogP contribution in [0.2, 0.25) is 0 Å². The van der Waals surface area contributed by atoms with E-state index in [-0.39, 0.29) is 13.7 Å². The number of alkyl halides is 2. The number of hydrogen-bond acceptors (Lipinski definition) is 2. The van der Waals surface area contributed by atoms with E-state index >= 15 is 0 Å². The van der Waals surface area contributed by atoms with Crippen LogP contribution < -0.4 is 0 Å². The molecule has 0 bridgehead atoms. The highest BCUT2D eigenvalue weighted by atomic mass is 127. The van der Waals surface area contributed by atoms with Gasteiger partial charge in [0, 0.05) is 3.57 Å². The van der Waals surface area contributed by atoms with Crippen molar-refractivity contribution < 1.29 is 18.7 Å². The van der Waals surface area contributed by atoms with Crippen LogP contribution in [-0.2, 0) is 0 Å². The number of pyridine rings is 1. The molecule has 1 rings (SSSR count). The fraction of sp³-hybridized carbons (Fsp3) is 0.143. The molecule has 0 aliphatic heterocycles. The number of carboxylic acid groups (broad SMARTS) is 1. The maximum Gasteiger partial charge on any atom is 0.339 e. The van der Waals surface area contributed by atoms with Crippen molar-refractivity contribution in [3.8, 4) is 0 Å².